The summed E-state index contributed by atoms with van der Waals surface area (Å²) >= 11 is 0. The van der Waals surface area contributed by atoms with Gasteiger partial charge in [0.05, 0.1) is 66.9 Å². The number of methoxy groups -OCH3 is 2. The van der Waals surface area contributed by atoms with E-state index in [-0.39, 0.29) is 22.8 Å². The van der Waals surface area contributed by atoms with Crippen molar-refractivity contribution >= 4 is 55.8 Å². The van der Waals surface area contributed by atoms with Gasteiger partial charge in [0.1, 0.15) is 17.6 Å². The summed E-state index contributed by atoms with van der Waals surface area (Å²) in [6.07, 6.45) is 12.7. The van der Waals surface area contributed by atoms with Crippen LogP contribution < -0.4 is 14.0 Å². The molecule has 0 aliphatic carbocycles. The highest BCUT2D eigenvalue weighted by molar-refractivity contribution is 6.20. The molecule has 0 spiro atoms. The highest BCUT2D eigenvalue weighted by Crippen LogP contribution is 2.56. The summed E-state index contributed by atoms with van der Waals surface area (Å²) in [5.41, 5.74) is 6.92. The first-order valence-corrected chi connectivity index (χ1v) is 18.6. The van der Waals surface area contributed by atoms with Crippen LogP contribution in [0.2, 0.25) is 0 Å². The second-order valence-corrected chi connectivity index (χ2v) is 14.2. The van der Waals surface area contributed by atoms with Crippen LogP contribution in [0.1, 0.15) is 17.5 Å². The highest BCUT2D eigenvalue weighted by Gasteiger charge is 2.61. The van der Waals surface area contributed by atoms with Crippen molar-refractivity contribution in [3.05, 3.63) is 145 Å². The minimum absolute atomic E-state index is 0.0947. The lowest BCUT2D eigenvalue weighted by Gasteiger charge is -2.31. The second-order valence-electron chi connectivity index (χ2n) is 14.2. The molecule has 4 aromatic carbocycles. The van der Waals surface area contributed by atoms with Crippen LogP contribution in [0.15, 0.2) is 134 Å². The normalized spacial score (nSPS) is 15.8. The van der Waals surface area contributed by atoms with Gasteiger partial charge in [-0.25, -0.2) is 14.7 Å². The molecule has 0 fully saturated rings. The molecule has 0 radical (unpaired) electrons. The topological polar surface area (TPSA) is 95.2 Å². The fourth-order valence-electron chi connectivity index (χ4n) is 8.60. The van der Waals surface area contributed by atoms with Gasteiger partial charge >= 0.3 is 6.03 Å². The van der Waals surface area contributed by atoms with Crippen molar-refractivity contribution in [1.29, 1.82) is 5.26 Å². The quantitative estimate of drug-likeness (QED) is 0.123. The van der Waals surface area contributed by atoms with E-state index in [0.29, 0.717) is 23.7 Å². The lowest BCUT2D eigenvalue weighted by molar-refractivity contribution is 0.205. The Morgan fingerprint density at radius 3 is 2.12 bits per heavy atom. The number of urea groups is 1. The third-order valence-corrected chi connectivity index (χ3v) is 11.2. The number of ether oxygens (including phenoxy) is 2. The molecule has 2 amide bonds. The lowest BCUT2D eigenvalue weighted by atomic mass is 10.0. The number of hydrogen-bond acceptors (Lipinski definition) is 5. The smallest absolute Gasteiger partial charge is 0.440 e. The third kappa shape index (κ3) is 5.21. The first-order chi connectivity index (χ1) is 27.4. The Labute approximate surface area is 324 Å². The van der Waals surface area contributed by atoms with Gasteiger partial charge in [0, 0.05) is 68.3 Å². The maximum absolute atomic E-state index is 16.3. The van der Waals surface area contributed by atoms with Crippen LogP contribution >= 0.6 is 0 Å². The molecule has 0 saturated carbocycles. The van der Waals surface area contributed by atoms with E-state index in [0.717, 1.165) is 68.2 Å². The molecule has 9 rings (SSSR count). The Morgan fingerprint density at radius 1 is 0.768 bits per heavy atom. The molecule has 5 heterocycles. The Morgan fingerprint density at radius 2 is 1.43 bits per heavy atom. The number of hydrogen-bond donors (Lipinski definition) is 0. The number of amides is 2. The summed E-state index contributed by atoms with van der Waals surface area (Å²) in [6, 6.07) is 32.5. The average Bonchev–Trinajstić information content (AvgIpc) is 4.06. The molecule has 11 heteroatoms. The van der Waals surface area contributed by atoms with Crippen molar-refractivity contribution in [3.63, 3.8) is 0 Å². The largest absolute Gasteiger partial charge is 0.497 e. The third-order valence-electron chi connectivity index (χ3n) is 11.2. The van der Waals surface area contributed by atoms with E-state index in [1.54, 1.807) is 25.3 Å². The maximum atomic E-state index is 16.3. The van der Waals surface area contributed by atoms with Crippen LogP contribution in [0.5, 0.6) is 11.5 Å². The Bertz CT molecular complexity index is 2870. The highest BCUT2D eigenvalue weighted by atomic mass is 16.5. The molecule has 1 unspecified atom stereocenters. The van der Waals surface area contributed by atoms with Gasteiger partial charge in [0.15, 0.2) is 22.8 Å². The molecule has 1 atom stereocenters. The predicted octanol–water partition coefficient (Wildman–Crippen LogP) is 9.10. The van der Waals surface area contributed by atoms with Crippen molar-refractivity contribution in [3.8, 4) is 17.6 Å². The standard InChI is InChI=1S/C45H41N8O3/c1-48-27-36(33-12-5-8-15-37(33)48)44-40(25-46)52(26-31-18-19-32(55-3)24-43(31)56-4)45(54)53(44,41-28-49(2)38-16-9-6-13-34(38)41)42-29-51(39-17-10-7-14-35(39)42)22-11-21-50-23-20-47-30-50/h5-10,12-20,23-24,27-30H,11,21-22,26H2,1-4H3/q+1. The number of imidazole rings is 1. The first kappa shape index (κ1) is 34.7. The summed E-state index contributed by atoms with van der Waals surface area (Å²) < 4.78 is 19.5. The van der Waals surface area contributed by atoms with Gasteiger partial charge < -0.3 is 27.7 Å². The number of para-hydroxylation sites is 3. The number of fused-ring (bicyclic) bond motifs is 3. The van der Waals surface area contributed by atoms with Gasteiger partial charge in [-0.05, 0) is 48.9 Å². The number of nitrogens with zero attached hydrogens (tertiary/aromatic N) is 8. The van der Waals surface area contributed by atoms with Gasteiger partial charge in [-0.15, -0.1) is 4.48 Å². The van der Waals surface area contributed by atoms with Crippen LogP contribution in [0.4, 0.5) is 16.2 Å². The number of aryl methyl sites for hydroxylation is 4. The second kappa shape index (κ2) is 13.7. The predicted molar refractivity (Wildman–Crippen MR) is 219 cm³/mol. The minimum Gasteiger partial charge on any atom is -0.497 e. The number of allylic oxidation sites excluding steroid dienone is 1. The summed E-state index contributed by atoms with van der Waals surface area (Å²) in [7, 11) is 7.23. The van der Waals surface area contributed by atoms with E-state index in [9.17, 15) is 5.26 Å². The monoisotopic (exact) mass is 741 g/mol. The average molecular weight is 742 g/mol. The maximum Gasteiger partial charge on any atom is 0.440 e. The first-order valence-electron chi connectivity index (χ1n) is 18.6. The zero-order valence-corrected chi connectivity index (χ0v) is 31.8. The Balaban J connectivity index is 1.38. The number of carbonyl (C=O) groups excluding carboxylic acids is 1. The van der Waals surface area contributed by atoms with Crippen molar-refractivity contribution in [2.45, 2.75) is 26.1 Å². The minimum atomic E-state index is -0.342. The molecule has 278 valence electrons. The van der Waals surface area contributed by atoms with Gasteiger partial charge in [-0.1, -0.05) is 42.5 Å². The molecular weight excluding hydrogens is 701 g/mol. The summed E-state index contributed by atoms with van der Waals surface area (Å²) in [5, 5.41) is 14.2. The van der Waals surface area contributed by atoms with Crippen molar-refractivity contribution in [1.82, 2.24) is 32.6 Å². The molecular formula is C45H41N8O3+. The lowest BCUT2D eigenvalue weighted by Crippen LogP contribution is -2.48. The zero-order valence-electron chi connectivity index (χ0n) is 31.8. The molecule has 8 aromatic rings. The van der Waals surface area contributed by atoms with Gasteiger partial charge in [0.25, 0.3) is 0 Å². The number of rotatable bonds is 11. The van der Waals surface area contributed by atoms with Crippen LogP contribution in [0.3, 0.4) is 0 Å². The van der Waals surface area contributed by atoms with Crippen molar-refractivity contribution in [2.75, 3.05) is 14.2 Å². The Hall–Kier alpha value is -7.03. The molecule has 0 bridgehead atoms. The van der Waals surface area contributed by atoms with Crippen LogP contribution in [0.25, 0.3) is 38.4 Å². The van der Waals surface area contributed by atoms with E-state index in [1.165, 1.54) is 0 Å². The fourth-order valence-corrected chi connectivity index (χ4v) is 8.60. The van der Waals surface area contributed by atoms with Crippen LogP contribution in [0, 0.1) is 11.3 Å². The zero-order chi connectivity index (χ0) is 38.6. The van der Waals surface area contributed by atoms with E-state index in [2.05, 4.69) is 84.3 Å². The van der Waals surface area contributed by atoms with Crippen molar-refractivity contribution in [2.24, 2.45) is 14.1 Å². The van der Waals surface area contributed by atoms with Crippen LogP contribution in [-0.2, 0) is 33.7 Å². The summed E-state index contributed by atoms with van der Waals surface area (Å²) in [4.78, 5) is 22.2. The van der Waals surface area contributed by atoms with E-state index >= 15 is 4.79 Å². The molecule has 0 saturated heterocycles. The molecule has 56 heavy (non-hydrogen) atoms. The number of quaternary nitrogens is 1. The summed E-state index contributed by atoms with van der Waals surface area (Å²) in [5.74, 6) is 1.19. The molecule has 1 aliphatic rings. The molecule has 11 nitrogen and oxygen atoms in total. The number of nitriles is 1. The van der Waals surface area contributed by atoms with Gasteiger partial charge in [-0.3, -0.25) is 0 Å². The summed E-state index contributed by atoms with van der Waals surface area (Å²) in [6.45, 7) is 1.59. The van der Waals surface area contributed by atoms with Gasteiger partial charge in [-0.2, -0.15) is 5.26 Å². The number of carbonyl (C=O) groups is 1. The van der Waals surface area contributed by atoms with E-state index < -0.39 is 0 Å². The number of benzene rings is 4. The fraction of sp³-hybridized carbons (Fsp3) is 0.178. The van der Waals surface area contributed by atoms with E-state index in [1.807, 2.05) is 81.2 Å². The molecule has 1 aliphatic heterocycles. The van der Waals surface area contributed by atoms with E-state index in [4.69, 9.17) is 9.47 Å². The molecule has 0 N–H and O–H groups in total. The SMILES string of the molecule is COc1ccc(CN2C(=O)[N+](c3cn(C)c4ccccc34)(c3cn(CCCn4ccnc4)c4ccccc34)C(c3cn(C)c4ccccc34)=C2C#N)c(OC)c1. The van der Waals surface area contributed by atoms with Crippen molar-refractivity contribution < 1.29 is 14.3 Å². The number of aromatic nitrogens is 5. The molecule has 4 aromatic heterocycles. The van der Waals surface area contributed by atoms with Crippen LogP contribution in [-0.4, -0.2) is 48.4 Å². The Kier molecular flexibility index (Phi) is 8.48. The van der Waals surface area contributed by atoms with Gasteiger partial charge in [0.2, 0.25) is 0 Å².